The third-order valence-corrected chi connectivity index (χ3v) is 6.67. The number of hydrogen-bond donors (Lipinski definition) is 2. The smallest absolute Gasteiger partial charge is 0.279 e. The molecule has 2 N–H and O–H groups in total. The first kappa shape index (κ1) is 18.8. The number of amides is 2. The summed E-state index contributed by atoms with van der Waals surface area (Å²) in [5, 5.41) is 2.73. The number of carbonyl (C=O) groups is 2. The normalized spacial score (nSPS) is 23.0. The lowest BCUT2D eigenvalue weighted by molar-refractivity contribution is -0.895. The van der Waals surface area contributed by atoms with Gasteiger partial charge < -0.3 is 15.1 Å². The van der Waals surface area contributed by atoms with E-state index < -0.39 is 15.8 Å². The van der Waals surface area contributed by atoms with Crippen LogP contribution in [0.1, 0.15) is 6.42 Å². The molecule has 2 amide bonds. The van der Waals surface area contributed by atoms with E-state index in [4.69, 9.17) is 0 Å². The molecule has 0 saturated carbocycles. The van der Waals surface area contributed by atoms with Crippen LogP contribution in [0.3, 0.4) is 0 Å². The summed E-state index contributed by atoms with van der Waals surface area (Å²) in [6.45, 7) is 2.60. The van der Waals surface area contributed by atoms with Crippen molar-refractivity contribution in [3.63, 3.8) is 0 Å². The number of quaternary nitrogens is 1. The first-order valence-electron chi connectivity index (χ1n) is 8.70. The molecule has 142 valence electrons. The van der Waals surface area contributed by atoms with Gasteiger partial charge in [-0.05, 0) is 30.7 Å². The highest BCUT2D eigenvalue weighted by Crippen LogP contribution is 2.20. The molecule has 2 heterocycles. The summed E-state index contributed by atoms with van der Waals surface area (Å²) in [6.07, 6.45) is 0.411. The van der Waals surface area contributed by atoms with E-state index in [2.05, 4.69) is 5.32 Å². The number of anilines is 1. The van der Waals surface area contributed by atoms with Gasteiger partial charge in [-0.3, -0.25) is 9.59 Å². The maximum Gasteiger partial charge on any atom is 0.279 e. The Labute approximate surface area is 152 Å². The van der Waals surface area contributed by atoms with Crippen LogP contribution in [0.15, 0.2) is 24.3 Å². The topological polar surface area (TPSA) is 88.0 Å². The minimum Gasteiger partial charge on any atom is -0.331 e. The third kappa shape index (κ3) is 4.79. The maximum atomic E-state index is 12.9. The van der Waals surface area contributed by atoms with Crippen LogP contribution in [0.4, 0.5) is 10.1 Å². The minimum absolute atomic E-state index is 0.0427. The van der Waals surface area contributed by atoms with Crippen LogP contribution in [-0.2, 0) is 19.4 Å². The SMILES string of the molecule is O=C(C[NH+]1CCN(C(=O)[C@H]2CCS(=O)(=O)C2)CC1)Nc1ccc(F)cc1. The molecule has 0 spiro atoms. The molecule has 9 heteroatoms. The van der Waals surface area contributed by atoms with Crippen LogP contribution in [-0.4, -0.2) is 69.4 Å². The van der Waals surface area contributed by atoms with E-state index in [1.807, 2.05) is 0 Å². The molecule has 2 fully saturated rings. The fourth-order valence-electron chi connectivity index (χ4n) is 3.43. The summed E-state index contributed by atoms with van der Waals surface area (Å²) in [5.74, 6) is -0.959. The number of nitrogens with zero attached hydrogens (tertiary/aromatic N) is 1. The predicted octanol–water partition coefficient (Wildman–Crippen LogP) is -1.07. The molecule has 0 unspecified atom stereocenters. The Morgan fingerprint density at radius 3 is 2.42 bits per heavy atom. The summed E-state index contributed by atoms with van der Waals surface area (Å²) in [4.78, 5) is 27.3. The van der Waals surface area contributed by atoms with E-state index in [0.29, 0.717) is 38.3 Å². The molecule has 1 aromatic rings. The minimum atomic E-state index is -3.07. The van der Waals surface area contributed by atoms with E-state index in [1.165, 1.54) is 24.3 Å². The molecule has 26 heavy (non-hydrogen) atoms. The molecular formula is C17H23FN3O4S+. The number of nitrogens with one attached hydrogen (secondary N) is 2. The van der Waals surface area contributed by atoms with Gasteiger partial charge in [0.15, 0.2) is 16.4 Å². The lowest BCUT2D eigenvalue weighted by atomic mass is 10.1. The number of benzene rings is 1. The second-order valence-corrected chi connectivity index (χ2v) is 9.14. The Hall–Kier alpha value is -2.00. The molecule has 7 nitrogen and oxygen atoms in total. The summed E-state index contributed by atoms with van der Waals surface area (Å²) in [7, 11) is -3.07. The van der Waals surface area contributed by atoms with Crippen LogP contribution in [0.25, 0.3) is 0 Å². The fraction of sp³-hybridized carbons (Fsp3) is 0.529. The highest BCUT2D eigenvalue weighted by atomic mass is 32.2. The van der Waals surface area contributed by atoms with Crippen LogP contribution in [0.2, 0.25) is 0 Å². The monoisotopic (exact) mass is 384 g/mol. The number of rotatable bonds is 4. The van der Waals surface area contributed by atoms with Crippen molar-refractivity contribution in [3.05, 3.63) is 30.1 Å². The Morgan fingerprint density at radius 1 is 1.19 bits per heavy atom. The van der Waals surface area contributed by atoms with Crippen molar-refractivity contribution in [2.24, 2.45) is 5.92 Å². The van der Waals surface area contributed by atoms with E-state index in [1.54, 1.807) is 4.90 Å². The van der Waals surface area contributed by atoms with Crippen molar-refractivity contribution in [2.45, 2.75) is 6.42 Å². The van der Waals surface area contributed by atoms with Gasteiger partial charge in [-0.1, -0.05) is 0 Å². The van der Waals surface area contributed by atoms with Crippen molar-refractivity contribution < 1.29 is 27.3 Å². The molecule has 3 rings (SSSR count). The molecule has 2 aliphatic heterocycles. The average Bonchev–Trinajstić information content (AvgIpc) is 2.97. The molecule has 2 saturated heterocycles. The van der Waals surface area contributed by atoms with E-state index >= 15 is 0 Å². The molecule has 0 aromatic heterocycles. The summed E-state index contributed by atoms with van der Waals surface area (Å²) >= 11 is 0. The van der Waals surface area contributed by atoms with Gasteiger partial charge in [-0.15, -0.1) is 0 Å². The zero-order valence-electron chi connectivity index (χ0n) is 14.4. The molecular weight excluding hydrogens is 361 g/mol. The standard InChI is InChI=1S/C17H22FN3O4S/c18-14-1-3-15(4-2-14)19-16(22)11-20-6-8-21(9-7-20)17(23)13-5-10-26(24,25)12-13/h1-4,13H,5-12H2,(H,19,22)/p+1/t13-/m0/s1. The van der Waals surface area contributed by atoms with Gasteiger partial charge in [-0.25, -0.2) is 12.8 Å². The Balaban J connectivity index is 1.44. The summed E-state index contributed by atoms with van der Waals surface area (Å²) in [6, 6.07) is 5.59. The van der Waals surface area contributed by atoms with Crippen LogP contribution in [0, 0.1) is 11.7 Å². The highest BCUT2D eigenvalue weighted by Gasteiger charge is 2.37. The van der Waals surface area contributed by atoms with Crippen LogP contribution >= 0.6 is 0 Å². The molecule has 0 aliphatic carbocycles. The zero-order chi connectivity index (χ0) is 18.7. The van der Waals surface area contributed by atoms with Gasteiger partial charge in [0, 0.05) is 5.69 Å². The van der Waals surface area contributed by atoms with Gasteiger partial charge in [-0.2, -0.15) is 0 Å². The number of piperazine rings is 1. The number of hydrogen-bond acceptors (Lipinski definition) is 4. The van der Waals surface area contributed by atoms with Crippen LogP contribution < -0.4 is 10.2 Å². The van der Waals surface area contributed by atoms with Crippen molar-refractivity contribution in [1.82, 2.24) is 4.90 Å². The van der Waals surface area contributed by atoms with E-state index in [-0.39, 0.29) is 35.7 Å². The number of halogens is 1. The molecule has 2 aliphatic rings. The molecule has 1 atom stereocenters. The van der Waals surface area contributed by atoms with E-state index in [9.17, 15) is 22.4 Å². The van der Waals surface area contributed by atoms with Gasteiger partial charge in [0.05, 0.1) is 43.6 Å². The van der Waals surface area contributed by atoms with Crippen molar-refractivity contribution in [3.8, 4) is 0 Å². The zero-order valence-corrected chi connectivity index (χ0v) is 15.2. The Bertz CT molecular complexity index is 774. The quantitative estimate of drug-likeness (QED) is 0.692. The first-order valence-corrected chi connectivity index (χ1v) is 10.5. The predicted molar refractivity (Wildman–Crippen MR) is 93.9 cm³/mol. The lowest BCUT2D eigenvalue weighted by Crippen LogP contribution is -3.15. The Kier molecular flexibility index (Phi) is 5.57. The lowest BCUT2D eigenvalue weighted by Gasteiger charge is -2.33. The van der Waals surface area contributed by atoms with Gasteiger partial charge in [0.25, 0.3) is 5.91 Å². The third-order valence-electron chi connectivity index (χ3n) is 4.90. The Morgan fingerprint density at radius 2 is 1.85 bits per heavy atom. The van der Waals surface area contributed by atoms with Crippen LogP contribution in [0.5, 0.6) is 0 Å². The van der Waals surface area contributed by atoms with Gasteiger partial charge in [0.2, 0.25) is 5.91 Å². The fourth-order valence-corrected chi connectivity index (χ4v) is 5.17. The number of carbonyl (C=O) groups excluding carboxylic acids is 2. The van der Waals surface area contributed by atoms with E-state index in [0.717, 1.165) is 4.90 Å². The molecule has 1 aromatic carbocycles. The largest absolute Gasteiger partial charge is 0.331 e. The second-order valence-electron chi connectivity index (χ2n) is 6.91. The first-order chi connectivity index (χ1) is 12.3. The second kappa shape index (κ2) is 7.71. The molecule has 0 bridgehead atoms. The van der Waals surface area contributed by atoms with Crippen molar-refractivity contribution >= 4 is 27.3 Å². The molecule has 0 radical (unpaired) electrons. The van der Waals surface area contributed by atoms with Crippen molar-refractivity contribution in [1.29, 1.82) is 0 Å². The maximum absolute atomic E-state index is 12.9. The highest BCUT2D eigenvalue weighted by molar-refractivity contribution is 7.91. The van der Waals surface area contributed by atoms with Crippen molar-refractivity contribution in [2.75, 3.05) is 49.5 Å². The summed E-state index contributed by atoms with van der Waals surface area (Å²) in [5.41, 5.74) is 0.548. The van der Waals surface area contributed by atoms with Gasteiger partial charge >= 0.3 is 0 Å². The number of sulfone groups is 1. The van der Waals surface area contributed by atoms with Gasteiger partial charge in [0.1, 0.15) is 5.82 Å². The summed E-state index contributed by atoms with van der Waals surface area (Å²) < 4.78 is 35.9. The average molecular weight is 384 g/mol.